The molecule has 124 valence electrons. The Balaban J connectivity index is 1.92. The van der Waals surface area contributed by atoms with Gasteiger partial charge in [0.1, 0.15) is 12.4 Å². The number of fused-ring (bicyclic) bond motifs is 1. The van der Waals surface area contributed by atoms with Gasteiger partial charge >= 0.3 is 0 Å². The van der Waals surface area contributed by atoms with Crippen LogP contribution in [0.3, 0.4) is 0 Å². The Morgan fingerprint density at radius 2 is 2.04 bits per heavy atom. The van der Waals surface area contributed by atoms with E-state index in [4.69, 9.17) is 27.9 Å². The number of halogens is 2. The van der Waals surface area contributed by atoms with Crippen molar-refractivity contribution in [3.05, 3.63) is 56.9 Å². The summed E-state index contributed by atoms with van der Waals surface area (Å²) in [5.41, 5.74) is 1.51. The number of aromatic hydroxyl groups is 1. The maximum atomic E-state index is 11.1. The lowest BCUT2D eigenvalue weighted by Gasteiger charge is -2.10. The lowest BCUT2D eigenvalue weighted by atomic mass is 10.2. The number of nitroso groups, excluding NO2 is 1. The van der Waals surface area contributed by atoms with Crippen molar-refractivity contribution < 1.29 is 9.84 Å². The molecule has 5 nitrogen and oxygen atoms in total. The third-order valence-corrected chi connectivity index (χ3v) is 4.19. The van der Waals surface area contributed by atoms with Gasteiger partial charge in [-0.2, -0.15) is 0 Å². The zero-order valence-electron chi connectivity index (χ0n) is 12.8. The van der Waals surface area contributed by atoms with E-state index in [1.807, 2.05) is 31.2 Å². The summed E-state index contributed by atoms with van der Waals surface area (Å²) in [6, 6.07) is 10.8. The molecule has 1 N–H and O–H groups in total. The number of hydrogen-bond donors (Lipinski definition) is 1. The number of aryl methyl sites for hydroxylation is 1. The van der Waals surface area contributed by atoms with Crippen LogP contribution in [0.2, 0.25) is 10.0 Å². The van der Waals surface area contributed by atoms with Crippen molar-refractivity contribution in [2.45, 2.75) is 13.5 Å². The molecule has 0 atom stereocenters. The number of rotatable bonds is 5. The minimum Gasteiger partial charge on any atom is -0.493 e. The van der Waals surface area contributed by atoms with Crippen molar-refractivity contribution in [1.29, 1.82) is 0 Å². The van der Waals surface area contributed by atoms with Gasteiger partial charge in [-0.1, -0.05) is 35.3 Å². The summed E-state index contributed by atoms with van der Waals surface area (Å²) in [7, 11) is 0. The van der Waals surface area contributed by atoms with Crippen LogP contribution in [0.5, 0.6) is 11.6 Å². The van der Waals surface area contributed by atoms with Crippen LogP contribution in [-0.2, 0) is 6.54 Å². The molecule has 7 heteroatoms. The zero-order valence-corrected chi connectivity index (χ0v) is 14.3. The van der Waals surface area contributed by atoms with Gasteiger partial charge in [0.2, 0.25) is 5.88 Å². The van der Waals surface area contributed by atoms with Gasteiger partial charge in [-0.05, 0) is 41.9 Å². The van der Waals surface area contributed by atoms with Gasteiger partial charge in [0.25, 0.3) is 0 Å². The summed E-state index contributed by atoms with van der Waals surface area (Å²) in [4.78, 5) is 11.1. The second kappa shape index (κ2) is 6.71. The van der Waals surface area contributed by atoms with Crippen molar-refractivity contribution >= 4 is 39.8 Å². The first-order chi connectivity index (χ1) is 11.5. The van der Waals surface area contributed by atoms with E-state index in [0.29, 0.717) is 27.5 Å². The normalized spacial score (nSPS) is 11.0. The number of benzene rings is 2. The fourth-order valence-corrected chi connectivity index (χ4v) is 3.24. The lowest BCUT2D eigenvalue weighted by Crippen LogP contribution is -2.08. The molecule has 0 aliphatic carbocycles. The molecule has 24 heavy (non-hydrogen) atoms. The first kappa shape index (κ1) is 16.6. The summed E-state index contributed by atoms with van der Waals surface area (Å²) >= 11 is 12.2. The zero-order chi connectivity index (χ0) is 17.3. The van der Waals surface area contributed by atoms with E-state index in [0.717, 1.165) is 11.3 Å². The van der Waals surface area contributed by atoms with Crippen molar-refractivity contribution in [2.75, 3.05) is 6.61 Å². The first-order valence-corrected chi connectivity index (χ1v) is 8.00. The predicted molar refractivity (Wildman–Crippen MR) is 95.8 cm³/mol. The van der Waals surface area contributed by atoms with Crippen molar-refractivity contribution in [3.63, 3.8) is 0 Å². The van der Waals surface area contributed by atoms with E-state index in [-0.39, 0.29) is 18.2 Å². The molecule has 2 aromatic carbocycles. The minimum atomic E-state index is -0.253. The van der Waals surface area contributed by atoms with Crippen LogP contribution in [0.1, 0.15) is 5.56 Å². The second-order valence-electron chi connectivity index (χ2n) is 5.36. The Bertz CT molecular complexity index is 922. The largest absolute Gasteiger partial charge is 0.493 e. The fraction of sp³-hybridized carbons (Fsp3) is 0.176. The van der Waals surface area contributed by atoms with E-state index in [1.54, 1.807) is 12.1 Å². The van der Waals surface area contributed by atoms with E-state index in [1.165, 1.54) is 4.57 Å². The van der Waals surface area contributed by atoms with Crippen molar-refractivity contribution in [3.8, 4) is 11.6 Å². The van der Waals surface area contributed by atoms with Crippen LogP contribution < -0.4 is 4.74 Å². The summed E-state index contributed by atoms with van der Waals surface area (Å²) < 4.78 is 7.19. The molecule has 0 aliphatic rings. The van der Waals surface area contributed by atoms with Gasteiger partial charge in [-0.15, -0.1) is 4.91 Å². The van der Waals surface area contributed by atoms with Crippen LogP contribution in [0, 0.1) is 11.8 Å². The third kappa shape index (κ3) is 3.05. The summed E-state index contributed by atoms with van der Waals surface area (Å²) in [6.07, 6.45) is 0. The van der Waals surface area contributed by atoms with E-state index >= 15 is 0 Å². The molecular formula is C17H14Cl2N2O3. The number of hydrogen-bond acceptors (Lipinski definition) is 4. The van der Waals surface area contributed by atoms with E-state index in [9.17, 15) is 10.0 Å². The smallest absolute Gasteiger partial charge is 0.222 e. The first-order valence-electron chi connectivity index (χ1n) is 7.24. The van der Waals surface area contributed by atoms with Crippen LogP contribution in [0.15, 0.2) is 41.6 Å². The molecule has 0 unspecified atom stereocenters. The minimum absolute atomic E-state index is 0.0787. The third-order valence-electron chi connectivity index (χ3n) is 3.69. The van der Waals surface area contributed by atoms with Gasteiger partial charge in [0, 0.05) is 10.4 Å². The maximum Gasteiger partial charge on any atom is 0.222 e. The number of aromatic nitrogens is 1. The maximum absolute atomic E-state index is 11.1. The molecular weight excluding hydrogens is 351 g/mol. The Kier molecular flexibility index (Phi) is 4.64. The molecule has 0 saturated heterocycles. The highest BCUT2D eigenvalue weighted by Gasteiger charge is 2.20. The van der Waals surface area contributed by atoms with Crippen LogP contribution in [0.4, 0.5) is 5.69 Å². The Morgan fingerprint density at radius 3 is 2.75 bits per heavy atom. The van der Waals surface area contributed by atoms with Crippen molar-refractivity contribution in [1.82, 2.24) is 4.57 Å². The van der Waals surface area contributed by atoms with Gasteiger partial charge in [0.05, 0.1) is 17.1 Å². The summed E-state index contributed by atoms with van der Waals surface area (Å²) in [5, 5.41) is 14.3. The van der Waals surface area contributed by atoms with E-state index < -0.39 is 0 Å². The molecule has 0 saturated carbocycles. The average Bonchev–Trinajstić information content (AvgIpc) is 2.79. The van der Waals surface area contributed by atoms with Gasteiger partial charge in [0.15, 0.2) is 5.69 Å². The van der Waals surface area contributed by atoms with Crippen molar-refractivity contribution in [2.24, 2.45) is 5.18 Å². The average molecular weight is 365 g/mol. The van der Waals surface area contributed by atoms with Crippen LogP contribution in [-0.4, -0.2) is 16.3 Å². The molecule has 0 amide bonds. The standard InChI is InChI=1S/C17H14Cl2N2O3/c1-10-3-2-4-12(7-10)24-6-5-21-16-13(15(20-23)17(21)22)8-11(18)9-14(16)19/h2-4,7-9,22H,5-6H2,1H3. The second-order valence-corrected chi connectivity index (χ2v) is 6.21. The fourth-order valence-electron chi connectivity index (χ4n) is 2.64. The Hall–Kier alpha value is -2.24. The Labute approximate surface area is 148 Å². The van der Waals surface area contributed by atoms with Gasteiger partial charge < -0.3 is 14.4 Å². The van der Waals surface area contributed by atoms with E-state index in [2.05, 4.69) is 5.18 Å². The molecule has 1 heterocycles. The molecule has 0 radical (unpaired) electrons. The highest BCUT2D eigenvalue weighted by Crippen LogP contribution is 2.42. The highest BCUT2D eigenvalue weighted by atomic mass is 35.5. The van der Waals surface area contributed by atoms with Crippen LogP contribution >= 0.6 is 23.2 Å². The lowest BCUT2D eigenvalue weighted by molar-refractivity contribution is 0.290. The quantitative estimate of drug-likeness (QED) is 0.613. The SMILES string of the molecule is Cc1cccc(OCCn2c(O)c(N=O)c3cc(Cl)cc(Cl)c32)c1. The topological polar surface area (TPSA) is 63.8 Å². The molecule has 0 spiro atoms. The Morgan fingerprint density at radius 1 is 1.25 bits per heavy atom. The number of ether oxygens (including phenoxy) is 1. The summed E-state index contributed by atoms with van der Waals surface area (Å²) in [5.74, 6) is 0.478. The van der Waals surface area contributed by atoms with Gasteiger partial charge in [-0.25, -0.2) is 0 Å². The van der Waals surface area contributed by atoms with Crippen LogP contribution in [0.25, 0.3) is 10.9 Å². The molecule has 1 aromatic heterocycles. The number of nitrogens with zero attached hydrogens (tertiary/aromatic N) is 2. The molecule has 3 rings (SSSR count). The monoisotopic (exact) mass is 364 g/mol. The molecule has 3 aromatic rings. The molecule has 0 aliphatic heterocycles. The van der Waals surface area contributed by atoms with Gasteiger partial charge in [-0.3, -0.25) is 0 Å². The molecule has 0 bridgehead atoms. The molecule has 0 fully saturated rings. The summed E-state index contributed by atoms with van der Waals surface area (Å²) in [6.45, 7) is 2.56. The predicted octanol–water partition coefficient (Wildman–Crippen LogP) is 5.44. The highest BCUT2D eigenvalue weighted by molar-refractivity contribution is 6.39.